The fourth-order valence-corrected chi connectivity index (χ4v) is 4.02. The van der Waals surface area contributed by atoms with Crippen molar-refractivity contribution in [1.29, 1.82) is 0 Å². The topological polar surface area (TPSA) is 75.4 Å². The van der Waals surface area contributed by atoms with E-state index in [1.54, 1.807) is 34.8 Å². The van der Waals surface area contributed by atoms with E-state index in [9.17, 15) is 9.18 Å². The molecular weight excluding hydrogens is 431 g/mol. The van der Waals surface area contributed by atoms with E-state index < -0.39 is 5.82 Å². The largest absolute Gasteiger partial charge is 0.355 e. The maximum absolute atomic E-state index is 13.8. The zero-order chi connectivity index (χ0) is 22.1. The molecule has 3 heterocycles. The molecule has 1 N–H and O–H groups in total. The van der Waals surface area contributed by atoms with Crippen molar-refractivity contribution in [3.8, 4) is 11.4 Å². The van der Waals surface area contributed by atoms with Gasteiger partial charge in [-0.25, -0.2) is 4.39 Å². The Morgan fingerprint density at radius 1 is 1.00 bits per heavy atom. The molecule has 0 bridgehead atoms. The Balaban J connectivity index is 1.29. The summed E-state index contributed by atoms with van der Waals surface area (Å²) in [6.07, 6.45) is 1.32. The molecule has 1 aliphatic rings. The van der Waals surface area contributed by atoms with Gasteiger partial charge in [0, 0.05) is 29.6 Å². The number of fused-ring (bicyclic) bond motifs is 1. The minimum atomic E-state index is -0.429. The van der Waals surface area contributed by atoms with Crippen molar-refractivity contribution in [2.45, 2.75) is 12.8 Å². The highest BCUT2D eigenvalue weighted by molar-refractivity contribution is 6.30. The number of benzene rings is 2. The lowest BCUT2D eigenvalue weighted by molar-refractivity contribution is -0.120. The fraction of sp³-hybridized carbons (Fsp3) is 0.217. The molecule has 7 nitrogen and oxygen atoms in total. The first-order valence-electron chi connectivity index (χ1n) is 10.4. The number of piperidine rings is 1. The van der Waals surface area contributed by atoms with Crippen LogP contribution in [0.2, 0.25) is 5.02 Å². The quantitative estimate of drug-likeness (QED) is 0.497. The SMILES string of the molecule is O=C(Nc1ccccc1F)C1CCN(c2ccc3nnc(-c4ccc(Cl)cc4)n3n2)CC1. The first kappa shape index (κ1) is 20.4. The number of hydrogen-bond acceptors (Lipinski definition) is 5. The summed E-state index contributed by atoms with van der Waals surface area (Å²) >= 11 is 5.99. The third-order valence-corrected chi connectivity index (χ3v) is 5.92. The molecule has 0 saturated carbocycles. The summed E-state index contributed by atoms with van der Waals surface area (Å²) in [6.45, 7) is 1.35. The van der Waals surface area contributed by atoms with Crippen molar-refractivity contribution in [2.75, 3.05) is 23.3 Å². The molecule has 2 aromatic heterocycles. The van der Waals surface area contributed by atoms with Crippen molar-refractivity contribution in [3.05, 3.63) is 71.5 Å². The van der Waals surface area contributed by atoms with E-state index in [1.807, 2.05) is 24.3 Å². The molecule has 0 spiro atoms. The Morgan fingerprint density at radius 2 is 1.75 bits per heavy atom. The molecule has 1 amide bonds. The maximum atomic E-state index is 13.8. The summed E-state index contributed by atoms with van der Waals surface area (Å²) in [5, 5.41) is 16.6. The lowest BCUT2D eigenvalue weighted by atomic mass is 9.96. The number of para-hydroxylation sites is 1. The van der Waals surface area contributed by atoms with Crippen LogP contribution in [0.25, 0.3) is 17.0 Å². The number of nitrogens with zero attached hydrogens (tertiary/aromatic N) is 5. The molecule has 2 aromatic carbocycles. The van der Waals surface area contributed by atoms with Gasteiger partial charge < -0.3 is 10.2 Å². The second-order valence-electron chi connectivity index (χ2n) is 7.72. The lowest BCUT2D eigenvalue weighted by Crippen LogP contribution is -2.38. The minimum absolute atomic E-state index is 0.151. The average Bonchev–Trinajstić information content (AvgIpc) is 3.24. The number of carbonyl (C=O) groups excluding carboxylic acids is 1. The van der Waals surface area contributed by atoms with Crippen LogP contribution in [0.15, 0.2) is 60.7 Å². The van der Waals surface area contributed by atoms with E-state index >= 15 is 0 Å². The Morgan fingerprint density at radius 3 is 2.50 bits per heavy atom. The third-order valence-electron chi connectivity index (χ3n) is 5.67. The summed E-state index contributed by atoms with van der Waals surface area (Å²) in [7, 11) is 0. The van der Waals surface area contributed by atoms with Gasteiger partial charge in [0.05, 0.1) is 5.69 Å². The molecule has 1 fully saturated rings. The first-order chi connectivity index (χ1) is 15.6. The van der Waals surface area contributed by atoms with Gasteiger partial charge in [-0.05, 0) is 61.4 Å². The van der Waals surface area contributed by atoms with Gasteiger partial charge in [-0.1, -0.05) is 23.7 Å². The summed E-state index contributed by atoms with van der Waals surface area (Å²) in [4.78, 5) is 14.7. The van der Waals surface area contributed by atoms with E-state index in [-0.39, 0.29) is 17.5 Å². The van der Waals surface area contributed by atoms with Gasteiger partial charge in [0.1, 0.15) is 11.6 Å². The van der Waals surface area contributed by atoms with Crippen molar-refractivity contribution in [3.63, 3.8) is 0 Å². The van der Waals surface area contributed by atoms with Crippen molar-refractivity contribution in [1.82, 2.24) is 19.8 Å². The number of aromatic nitrogens is 4. The van der Waals surface area contributed by atoms with Crippen molar-refractivity contribution >= 4 is 34.7 Å². The molecule has 5 rings (SSSR count). The predicted molar refractivity (Wildman–Crippen MR) is 121 cm³/mol. The van der Waals surface area contributed by atoms with Crippen LogP contribution in [0, 0.1) is 11.7 Å². The van der Waals surface area contributed by atoms with Gasteiger partial charge in [-0.3, -0.25) is 4.79 Å². The number of hydrogen-bond donors (Lipinski definition) is 1. The number of nitrogens with one attached hydrogen (secondary N) is 1. The van der Waals surface area contributed by atoms with Gasteiger partial charge in [-0.15, -0.1) is 15.3 Å². The smallest absolute Gasteiger partial charge is 0.227 e. The minimum Gasteiger partial charge on any atom is -0.355 e. The monoisotopic (exact) mass is 450 g/mol. The Hall–Kier alpha value is -3.52. The molecule has 1 aliphatic heterocycles. The molecule has 4 aromatic rings. The molecule has 0 aliphatic carbocycles. The van der Waals surface area contributed by atoms with Gasteiger partial charge >= 0.3 is 0 Å². The zero-order valence-corrected chi connectivity index (χ0v) is 17.8. The molecular formula is C23H20ClFN6O. The number of amides is 1. The van der Waals surface area contributed by atoms with Gasteiger partial charge in [0.2, 0.25) is 5.91 Å². The van der Waals surface area contributed by atoms with Crippen LogP contribution in [0.1, 0.15) is 12.8 Å². The van der Waals surface area contributed by atoms with Crippen molar-refractivity contribution < 1.29 is 9.18 Å². The van der Waals surface area contributed by atoms with Crippen LogP contribution in [0.3, 0.4) is 0 Å². The standard InChI is InChI=1S/C23H20ClFN6O/c24-17-7-5-15(6-8-17)22-28-27-20-9-10-21(29-31(20)22)30-13-11-16(12-14-30)23(32)26-19-4-2-1-3-18(19)25/h1-10,16H,11-14H2,(H,26,32). The summed E-state index contributed by atoms with van der Waals surface area (Å²) in [6, 6.07) is 17.4. The predicted octanol–water partition coefficient (Wildman–Crippen LogP) is 4.44. The van der Waals surface area contributed by atoms with Crippen molar-refractivity contribution in [2.24, 2.45) is 5.92 Å². The molecule has 0 atom stereocenters. The van der Waals surface area contributed by atoms with Crippen LogP contribution >= 0.6 is 11.6 Å². The molecule has 9 heteroatoms. The van der Waals surface area contributed by atoms with Gasteiger partial charge in [-0.2, -0.15) is 4.52 Å². The van der Waals surface area contributed by atoms with Gasteiger partial charge in [0.25, 0.3) is 0 Å². The first-order valence-corrected chi connectivity index (χ1v) is 10.7. The van der Waals surface area contributed by atoms with E-state index in [4.69, 9.17) is 16.7 Å². The van der Waals surface area contributed by atoms with E-state index in [2.05, 4.69) is 20.4 Å². The average molecular weight is 451 g/mol. The molecule has 0 radical (unpaired) electrons. The highest BCUT2D eigenvalue weighted by Crippen LogP contribution is 2.25. The Bertz CT molecular complexity index is 1270. The number of carbonyl (C=O) groups is 1. The van der Waals surface area contributed by atoms with Gasteiger partial charge in [0.15, 0.2) is 11.5 Å². The highest BCUT2D eigenvalue weighted by Gasteiger charge is 2.26. The van der Waals surface area contributed by atoms with E-state index in [0.29, 0.717) is 42.4 Å². The molecule has 162 valence electrons. The van der Waals surface area contributed by atoms with Crippen LogP contribution < -0.4 is 10.2 Å². The molecule has 0 unspecified atom stereocenters. The second kappa shape index (κ2) is 8.55. The molecule has 32 heavy (non-hydrogen) atoms. The maximum Gasteiger partial charge on any atom is 0.227 e. The summed E-state index contributed by atoms with van der Waals surface area (Å²) in [5.41, 5.74) is 1.74. The van der Waals surface area contributed by atoms with Crippen LogP contribution in [-0.2, 0) is 4.79 Å². The summed E-state index contributed by atoms with van der Waals surface area (Å²) < 4.78 is 15.5. The van der Waals surface area contributed by atoms with Crippen LogP contribution in [0.5, 0.6) is 0 Å². The highest BCUT2D eigenvalue weighted by atomic mass is 35.5. The molecule has 1 saturated heterocycles. The van der Waals surface area contributed by atoms with E-state index in [0.717, 1.165) is 11.4 Å². The summed E-state index contributed by atoms with van der Waals surface area (Å²) in [5.74, 6) is 0.676. The fourth-order valence-electron chi connectivity index (χ4n) is 3.89. The van der Waals surface area contributed by atoms with E-state index in [1.165, 1.54) is 6.07 Å². The third kappa shape index (κ3) is 4.01. The number of anilines is 2. The normalized spacial score (nSPS) is 14.6. The Kier molecular flexibility index (Phi) is 5.45. The lowest BCUT2D eigenvalue weighted by Gasteiger charge is -2.32. The Labute approximate surface area is 188 Å². The zero-order valence-electron chi connectivity index (χ0n) is 17.1. The second-order valence-corrected chi connectivity index (χ2v) is 8.16. The number of rotatable bonds is 4. The van der Waals surface area contributed by atoms with Crippen LogP contribution in [0.4, 0.5) is 15.9 Å². The number of halogens is 2. The van der Waals surface area contributed by atoms with Crippen LogP contribution in [-0.4, -0.2) is 38.8 Å².